The fourth-order valence-corrected chi connectivity index (χ4v) is 2.30. The molecule has 5 nitrogen and oxygen atoms in total. The van der Waals surface area contributed by atoms with Gasteiger partial charge in [0.2, 0.25) is 0 Å². The Bertz CT molecular complexity index is 809. The lowest BCUT2D eigenvalue weighted by Crippen LogP contribution is -2.14. The van der Waals surface area contributed by atoms with Gasteiger partial charge >= 0.3 is 0 Å². The summed E-state index contributed by atoms with van der Waals surface area (Å²) >= 11 is 0. The van der Waals surface area contributed by atoms with E-state index in [2.05, 4.69) is 15.3 Å². The van der Waals surface area contributed by atoms with Crippen molar-refractivity contribution >= 4 is 17.3 Å². The van der Waals surface area contributed by atoms with Gasteiger partial charge in [0, 0.05) is 49.0 Å². The maximum absolute atomic E-state index is 12.4. The van der Waals surface area contributed by atoms with Crippen molar-refractivity contribution in [1.82, 2.24) is 9.97 Å². The summed E-state index contributed by atoms with van der Waals surface area (Å²) in [5.41, 5.74) is 3.27. The second-order valence-corrected chi connectivity index (χ2v) is 5.42. The molecular weight excluding hydrogens is 288 g/mol. The van der Waals surface area contributed by atoms with Gasteiger partial charge in [-0.15, -0.1) is 0 Å². The first-order valence-electron chi connectivity index (χ1n) is 7.32. The van der Waals surface area contributed by atoms with Crippen LogP contribution in [0.4, 0.5) is 11.4 Å². The molecule has 1 aromatic heterocycles. The molecule has 0 aliphatic carbocycles. The molecule has 0 spiro atoms. The number of hydrogen-bond donors (Lipinski definition) is 2. The monoisotopic (exact) mass is 306 g/mol. The normalized spacial score (nSPS) is 10.3. The number of benzene rings is 2. The zero-order valence-corrected chi connectivity index (χ0v) is 13.1. The summed E-state index contributed by atoms with van der Waals surface area (Å²) in [5, 5.41) is 2.93. The number of imidazole rings is 1. The molecule has 3 rings (SSSR count). The first-order chi connectivity index (χ1) is 11.1. The molecule has 0 saturated heterocycles. The number of rotatable bonds is 4. The number of amides is 1. The predicted molar refractivity (Wildman–Crippen MR) is 92.7 cm³/mol. The molecule has 1 heterocycles. The summed E-state index contributed by atoms with van der Waals surface area (Å²) in [7, 11) is 3.90. The zero-order chi connectivity index (χ0) is 16.2. The number of aromatic amines is 1. The van der Waals surface area contributed by atoms with Gasteiger partial charge in [0.25, 0.3) is 5.91 Å². The van der Waals surface area contributed by atoms with E-state index in [0.29, 0.717) is 5.56 Å². The van der Waals surface area contributed by atoms with Gasteiger partial charge < -0.3 is 15.2 Å². The molecule has 0 saturated carbocycles. The van der Waals surface area contributed by atoms with Crippen molar-refractivity contribution in [2.75, 3.05) is 24.3 Å². The molecule has 23 heavy (non-hydrogen) atoms. The average Bonchev–Trinajstić information content (AvgIpc) is 3.10. The lowest BCUT2D eigenvalue weighted by Gasteiger charge is -2.13. The molecule has 0 fully saturated rings. The van der Waals surface area contributed by atoms with Crippen LogP contribution in [0.25, 0.3) is 11.4 Å². The highest BCUT2D eigenvalue weighted by atomic mass is 16.1. The molecular formula is C18H18N4O. The number of nitrogens with one attached hydrogen (secondary N) is 2. The maximum atomic E-state index is 12.4. The molecule has 2 aromatic carbocycles. The molecule has 5 heteroatoms. The van der Waals surface area contributed by atoms with E-state index in [1.807, 2.05) is 61.5 Å². The highest BCUT2D eigenvalue weighted by molar-refractivity contribution is 6.05. The number of nitrogens with zero attached hydrogens (tertiary/aromatic N) is 2. The molecule has 1 amide bonds. The highest BCUT2D eigenvalue weighted by Gasteiger charge is 2.08. The Morgan fingerprint density at radius 1 is 1.13 bits per heavy atom. The fraction of sp³-hybridized carbons (Fsp3) is 0.111. The van der Waals surface area contributed by atoms with Gasteiger partial charge in [-0.2, -0.15) is 0 Å². The minimum absolute atomic E-state index is 0.134. The van der Waals surface area contributed by atoms with Crippen molar-refractivity contribution in [3.8, 4) is 11.4 Å². The quantitative estimate of drug-likeness (QED) is 0.776. The predicted octanol–water partition coefficient (Wildman–Crippen LogP) is 3.40. The van der Waals surface area contributed by atoms with Crippen LogP contribution < -0.4 is 10.2 Å². The topological polar surface area (TPSA) is 61.0 Å². The van der Waals surface area contributed by atoms with Crippen LogP contribution >= 0.6 is 0 Å². The minimum Gasteiger partial charge on any atom is -0.378 e. The summed E-state index contributed by atoms with van der Waals surface area (Å²) < 4.78 is 0. The molecule has 0 unspecified atom stereocenters. The Labute approximate surface area is 135 Å². The average molecular weight is 306 g/mol. The van der Waals surface area contributed by atoms with E-state index in [9.17, 15) is 4.79 Å². The van der Waals surface area contributed by atoms with Crippen molar-refractivity contribution in [2.24, 2.45) is 0 Å². The Hall–Kier alpha value is -3.08. The molecule has 2 N–H and O–H groups in total. The standard InChI is InChI=1S/C18H18N4O/c1-22(2)16-8-4-6-14(12-16)18(23)21-15-7-3-5-13(11-15)17-19-9-10-20-17/h3-12H,1-2H3,(H,19,20)(H,21,23). The molecule has 116 valence electrons. The van der Waals surface area contributed by atoms with E-state index in [0.717, 1.165) is 22.8 Å². The van der Waals surface area contributed by atoms with E-state index < -0.39 is 0 Å². The van der Waals surface area contributed by atoms with Crippen molar-refractivity contribution < 1.29 is 4.79 Å². The number of hydrogen-bond acceptors (Lipinski definition) is 3. The number of carbonyl (C=O) groups excluding carboxylic acids is 1. The van der Waals surface area contributed by atoms with Crippen LogP contribution in [-0.4, -0.2) is 30.0 Å². The summed E-state index contributed by atoms with van der Waals surface area (Å²) in [5.74, 6) is 0.640. The van der Waals surface area contributed by atoms with Crippen molar-refractivity contribution in [3.05, 3.63) is 66.5 Å². The summed E-state index contributed by atoms with van der Waals surface area (Å²) in [6, 6.07) is 15.1. The molecule has 3 aromatic rings. The second kappa shape index (κ2) is 6.36. The third-order valence-electron chi connectivity index (χ3n) is 3.52. The van der Waals surface area contributed by atoms with Gasteiger partial charge in [-0.3, -0.25) is 4.79 Å². The van der Waals surface area contributed by atoms with E-state index in [4.69, 9.17) is 0 Å². The van der Waals surface area contributed by atoms with E-state index in [1.54, 1.807) is 18.5 Å². The molecule has 0 bridgehead atoms. The Morgan fingerprint density at radius 2 is 1.96 bits per heavy atom. The van der Waals surface area contributed by atoms with Crippen LogP contribution in [0.2, 0.25) is 0 Å². The highest BCUT2D eigenvalue weighted by Crippen LogP contribution is 2.20. The van der Waals surface area contributed by atoms with Crippen LogP contribution in [0.3, 0.4) is 0 Å². The second-order valence-electron chi connectivity index (χ2n) is 5.42. The number of aromatic nitrogens is 2. The van der Waals surface area contributed by atoms with E-state index in [-0.39, 0.29) is 5.91 Å². The third kappa shape index (κ3) is 3.40. The largest absolute Gasteiger partial charge is 0.378 e. The smallest absolute Gasteiger partial charge is 0.255 e. The third-order valence-corrected chi connectivity index (χ3v) is 3.52. The fourth-order valence-electron chi connectivity index (χ4n) is 2.30. The number of anilines is 2. The van der Waals surface area contributed by atoms with Crippen molar-refractivity contribution in [1.29, 1.82) is 0 Å². The first-order valence-corrected chi connectivity index (χ1v) is 7.32. The van der Waals surface area contributed by atoms with Crippen LogP contribution in [0, 0.1) is 0 Å². The Kier molecular flexibility index (Phi) is 4.10. The minimum atomic E-state index is -0.134. The first kappa shape index (κ1) is 14.8. The van der Waals surface area contributed by atoms with Gasteiger partial charge in [-0.1, -0.05) is 18.2 Å². The van der Waals surface area contributed by atoms with Crippen LogP contribution in [0.1, 0.15) is 10.4 Å². The van der Waals surface area contributed by atoms with Crippen LogP contribution in [0.5, 0.6) is 0 Å². The van der Waals surface area contributed by atoms with Gasteiger partial charge in [-0.05, 0) is 30.3 Å². The van der Waals surface area contributed by atoms with Gasteiger partial charge in [0.05, 0.1) is 0 Å². The zero-order valence-electron chi connectivity index (χ0n) is 13.1. The Balaban J connectivity index is 1.80. The summed E-state index contributed by atoms with van der Waals surface area (Å²) in [6.45, 7) is 0. The van der Waals surface area contributed by atoms with Crippen molar-refractivity contribution in [2.45, 2.75) is 0 Å². The van der Waals surface area contributed by atoms with Crippen molar-refractivity contribution in [3.63, 3.8) is 0 Å². The van der Waals surface area contributed by atoms with Gasteiger partial charge in [0.15, 0.2) is 0 Å². The molecule has 0 atom stereocenters. The summed E-state index contributed by atoms with van der Waals surface area (Å²) in [6.07, 6.45) is 3.47. The van der Waals surface area contributed by atoms with Crippen LogP contribution in [0.15, 0.2) is 60.9 Å². The maximum Gasteiger partial charge on any atom is 0.255 e. The number of carbonyl (C=O) groups is 1. The van der Waals surface area contributed by atoms with Gasteiger partial charge in [-0.25, -0.2) is 4.98 Å². The lowest BCUT2D eigenvalue weighted by atomic mass is 10.1. The molecule has 0 radical (unpaired) electrons. The molecule has 0 aliphatic heterocycles. The summed E-state index contributed by atoms with van der Waals surface area (Å²) in [4.78, 5) is 21.7. The number of H-pyrrole nitrogens is 1. The Morgan fingerprint density at radius 3 is 2.70 bits per heavy atom. The van der Waals surface area contributed by atoms with E-state index >= 15 is 0 Å². The lowest BCUT2D eigenvalue weighted by molar-refractivity contribution is 0.102. The van der Waals surface area contributed by atoms with Crippen LogP contribution in [-0.2, 0) is 0 Å². The molecule has 0 aliphatic rings. The van der Waals surface area contributed by atoms with E-state index in [1.165, 1.54) is 0 Å². The van der Waals surface area contributed by atoms with Gasteiger partial charge in [0.1, 0.15) is 5.82 Å². The SMILES string of the molecule is CN(C)c1cccc(C(=O)Nc2cccc(-c3ncc[nH]3)c2)c1.